The third-order valence-electron chi connectivity index (χ3n) is 4.75. The van der Waals surface area contributed by atoms with E-state index in [2.05, 4.69) is 12.2 Å². The summed E-state index contributed by atoms with van der Waals surface area (Å²) in [5.41, 5.74) is 1.36. The molecule has 10 heteroatoms. The summed E-state index contributed by atoms with van der Waals surface area (Å²) in [6.07, 6.45) is 2.61. The van der Waals surface area contributed by atoms with E-state index >= 15 is 0 Å². The molecule has 1 aliphatic carbocycles. The standard InChI is InChI=1S/C19H24N2O6S2/c1-3-26-19(25)17-12-5-4-11(2)6-13(12)29-18(17)20-14(22)8-27-16(24)7-21-10-28-9-15(21)23/h11H,3-10H2,1-2H3,(H,20,22). The first kappa shape index (κ1) is 21.6. The maximum atomic E-state index is 12.5. The lowest BCUT2D eigenvalue weighted by Crippen LogP contribution is -2.33. The number of anilines is 1. The fraction of sp³-hybridized carbons (Fsp3) is 0.579. The van der Waals surface area contributed by atoms with Gasteiger partial charge in [0.15, 0.2) is 6.61 Å². The largest absolute Gasteiger partial charge is 0.462 e. The van der Waals surface area contributed by atoms with E-state index in [1.54, 1.807) is 6.92 Å². The summed E-state index contributed by atoms with van der Waals surface area (Å²) >= 11 is 2.81. The number of esters is 2. The summed E-state index contributed by atoms with van der Waals surface area (Å²) in [6.45, 7) is 3.50. The van der Waals surface area contributed by atoms with Crippen LogP contribution in [0, 0.1) is 5.92 Å². The molecule has 2 aliphatic rings. The lowest BCUT2D eigenvalue weighted by molar-refractivity contribution is -0.150. The van der Waals surface area contributed by atoms with Crippen molar-refractivity contribution in [2.45, 2.75) is 33.1 Å². The van der Waals surface area contributed by atoms with Crippen LogP contribution in [0.2, 0.25) is 0 Å². The maximum absolute atomic E-state index is 12.5. The number of hydrogen-bond donors (Lipinski definition) is 1. The Hall–Kier alpha value is -2.07. The topological polar surface area (TPSA) is 102 Å². The van der Waals surface area contributed by atoms with Crippen molar-refractivity contribution in [3.63, 3.8) is 0 Å². The normalized spacial score (nSPS) is 18.3. The summed E-state index contributed by atoms with van der Waals surface area (Å²) in [6, 6.07) is 0. The van der Waals surface area contributed by atoms with Gasteiger partial charge in [-0.25, -0.2) is 4.79 Å². The Morgan fingerprint density at radius 2 is 2.07 bits per heavy atom. The van der Waals surface area contributed by atoms with Crippen LogP contribution in [-0.2, 0) is 36.7 Å². The molecule has 8 nitrogen and oxygen atoms in total. The number of thioether (sulfide) groups is 1. The summed E-state index contributed by atoms with van der Waals surface area (Å²) < 4.78 is 10.2. The van der Waals surface area contributed by atoms with Gasteiger partial charge in [-0.3, -0.25) is 14.4 Å². The van der Waals surface area contributed by atoms with Gasteiger partial charge in [0.25, 0.3) is 5.91 Å². The molecule has 0 bridgehead atoms. The zero-order valence-corrected chi connectivity index (χ0v) is 18.1. The molecule has 29 heavy (non-hydrogen) atoms. The molecule has 1 aliphatic heterocycles. The van der Waals surface area contributed by atoms with E-state index in [4.69, 9.17) is 9.47 Å². The fourth-order valence-electron chi connectivity index (χ4n) is 3.31. The van der Waals surface area contributed by atoms with Crippen LogP contribution < -0.4 is 5.32 Å². The highest BCUT2D eigenvalue weighted by molar-refractivity contribution is 8.00. The van der Waals surface area contributed by atoms with E-state index in [1.165, 1.54) is 28.0 Å². The highest BCUT2D eigenvalue weighted by Gasteiger charge is 2.29. The van der Waals surface area contributed by atoms with Gasteiger partial charge in [-0.2, -0.15) is 0 Å². The van der Waals surface area contributed by atoms with E-state index < -0.39 is 24.5 Å². The van der Waals surface area contributed by atoms with Crippen LogP contribution in [0.25, 0.3) is 0 Å². The molecular weight excluding hydrogens is 416 g/mol. The first-order valence-corrected chi connectivity index (χ1v) is 11.5. The Bertz CT molecular complexity index is 822. The SMILES string of the molecule is CCOC(=O)c1c(NC(=O)COC(=O)CN2CSCC2=O)sc2c1CCC(C)C2. The van der Waals surface area contributed by atoms with Crippen LogP contribution in [0.4, 0.5) is 5.00 Å². The highest BCUT2D eigenvalue weighted by Crippen LogP contribution is 2.40. The minimum Gasteiger partial charge on any atom is -0.462 e. The van der Waals surface area contributed by atoms with Crippen molar-refractivity contribution in [1.82, 2.24) is 4.90 Å². The van der Waals surface area contributed by atoms with Crippen LogP contribution in [-0.4, -0.2) is 60.0 Å². The smallest absolute Gasteiger partial charge is 0.341 e. The molecule has 0 radical (unpaired) electrons. The molecule has 1 atom stereocenters. The number of hydrogen-bond acceptors (Lipinski definition) is 8. The molecule has 3 rings (SSSR count). The number of thiophene rings is 1. The van der Waals surface area contributed by atoms with Crippen molar-refractivity contribution in [2.24, 2.45) is 5.92 Å². The van der Waals surface area contributed by atoms with E-state index in [0.717, 1.165) is 29.7 Å². The van der Waals surface area contributed by atoms with Crippen molar-refractivity contribution in [2.75, 3.05) is 36.7 Å². The van der Waals surface area contributed by atoms with Crippen molar-refractivity contribution in [3.8, 4) is 0 Å². The Labute approximate surface area is 177 Å². The minimum atomic E-state index is -0.638. The average molecular weight is 441 g/mol. The third-order valence-corrected chi connectivity index (χ3v) is 6.87. The molecule has 158 valence electrons. The molecule has 1 N–H and O–H groups in total. The zero-order chi connectivity index (χ0) is 21.0. The predicted octanol–water partition coefficient (Wildman–Crippen LogP) is 2.06. The molecule has 1 aromatic rings. The van der Waals surface area contributed by atoms with Crippen molar-refractivity contribution < 1.29 is 28.7 Å². The van der Waals surface area contributed by atoms with Gasteiger partial charge in [0.2, 0.25) is 5.91 Å². The van der Waals surface area contributed by atoms with Crippen LogP contribution in [0.1, 0.15) is 41.1 Å². The first-order valence-electron chi connectivity index (χ1n) is 9.51. The number of amides is 2. The number of nitrogens with zero attached hydrogens (tertiary/aromatic N) is 1. The van der Waals surface area contributed by atoms with Gasteiger partial charge in [-0.15, -0.1) is 23.1 Å². The van der Waals surface area contributed by atoms with Crippen LogP contribution in [0.15, 0.2) is 0 Å². The van der Waals surface area contributed by atoms with Crippen molar-refractivity contribution in [1.29, 1.82) is 0 Å². The van der Waals surface area contributed by atoms with Gasteiger partial charge >= 0.3 is 11.9 Å². The fourth-order valence-corrected chi connectivity index (χ4v) is 5.63. The van der Waals surface area contributed by atoms with Crippen LogP contribution in [0.5, 0.6) is 0 Å². The van der Waals surface area contributed by atoms with Gasteiger partial charge < -0.3 is 19.7 Å². The van der Waals surface area contributed by atoms with Gasteiger partial charge in [-0.05, 0) is 37.7 Å². The van der Waals surface area contributed by atoms with Crippen molar-refractivity contribution in [3.05, 3.63) is 16.0 Å². The number of fused-ring (bicyclic) bond motifs is 1. The van der Waals surface area contributed by atoms with E-state index in [0.29, 0.717) is 28.1 Å². The Morgan fingerprint density at radius 3 is 2.76 bits per heavy atom. The van der Waals surface area contributed by atoms with E-state index in [9.17, 15) is 19.2 Å². The number of nitrogens with one attached hydrogen (secondary N) is 1. The Morgan fingerprint density at radius 1 is 1.28 bits per heavy atom. The van der Waals surface area contributed by atoms with Crippen LogP contribution >= 0.6 is 23.1 Å². The molecular formula is C19H24N2O6S2. The van der Waals surface area contributed by atoms with Gasteiger partial charge in [0.1, 0.15) is 11.5 Å². The third kappa shape index (κ3) is 5.30. The lowest BCUT2D eigenvalue weighted by Gasteiger charge is -2.18. The van der Waals surface area contributed by atoms with Crippen molar-refractivity contribution >= 4 is 51.9 Å². The molecule has 0 aromatic carbocycles. The number of ether oxygens (including phenoxy) is 2. The summed E-state index contributed by atoms with van der Waals surface area (Å²) in [4.78, 5) is 50.7. The molecule has 1 aromatic heterocycles. The molecule has 1 unspecified atom stereocenters. The predicted molar refractivity (Wildman–Crippen MR) is 110 cm³/mol. The second-order valence-electron chi connectivity index (χ2n) is 7.05. The Kier molecular flexibility index (Phi) is 7.18. The van der Waals surface area contributed by atoms with E-state index in [1.807, 2.05) is 0 Å². The maximum Gasteiger partial charge on any atom is 0.341 e. The molecule has 1 saturated heterocycles. The zero-order valence-electron chi connectivity index (χ0n) is 16.4. The van der Waals surface area contributed by atoms with Gasteiger partial charge in [0, 0.05) is 4.88 Å². The first-order chi connectivity index (χ1) is 13.9. The molecule has 2 heterocycles. The van der Waals surface area contributed by atoms with Gasteiger partial charge in [0.05, 0.1) is 23.8 Å². The Balaban J connectivity index is 1.62. The van der Waals surface area contributed by atoms with Crippen LogP contribution in [0.3, 0.4) is 0 Å². The van der Waals surface area contributed by atoms with E-state index in [-0.39, 0.29) is 19.1 Å². The number of carbonyl (C=O) groups is 4. The quantitative estimate of drug-likeness (QED) is 0.648. The minimum absolute atomic E-state index is 0.117. The number of carbonyl (C=O) groups excluding carboxylic acids is 4. The molecule has 2 amide bonds. The highest BCUT2D eigenvalue weighted by atomic mass is 32.2. The second-order valence-corrected chi connectivity index (χ2v) is 9.11. The van der Waals surface area contributed by atoms with Gasteiger partial charge in [-0.1, -0.05) is 6.92 Å². The molecule has 0 saturated carbocycles. The summed E-state index contributed by atoms with van der Waals surface area (Å²) in [5.74, 6) is -0.412. The molecule has 0 spiro atoms. The average Bonchev–Trinajstić information content (AvgIpc) is 3.22. The summed E-state index contributed by atoms with van der Waals surface area (Å²) in [7, 11) is 0. The summed E-state index contributed by atoms with van der Waals surface area (Å²) in [5, 5.41) is 3.14. The lowest BCUT2D eigenvalue weighted by atomic mass is 9.88. The monoisotopic (exact) mass is 440 g/mol. The molecule has 1 fully saturated rings. The number of rotatable bonds is 7. The second kappa shape index (κ2) is 9.62.